The number of nitrogens with one attached hydrogen (secondary N) is 2. The Morgan fingerprint density at radius 1 is 1.42 bits per heavy atom. The van der Waals surface area contributed by atoms with Gasteiger partial charge in [0, 0.05) is 37.1 Å². The molecule has 3 rings (SSSR count). The lowest BCUT2D eigenvalue weighted by molar-refractivity contribution is -0.0545. The number of aromatic amines is 2. The predicted molar refractivity (Wildman–Crippen MR) is 88.9 cm³/mol. The Labute approximate surface area is 139 Å². The third kappa shape index (κ3) is 3.07. The molecule has 0 saturated carbocycles. The van der Waals surface area contributed by atoms with Crippen molar-refractivity contribution in [2.24, 2.45) is 0 Å². The van der Waals surface area contributed by atoms with E-state index in [1.165, 1.54) is 10.8 Å². The summed E-state index contributed by atoms with van der Waals surface area (Å²) in [7, 11) is 0. The van der Waals surface area contributed by atoms with E-state index in [0.29, 0.717) is 31.6 Å². The number of aromatic nitrogens is 4. The second-order valence-corrected chi connectivity index (χ2v) is 6.81. The van der Waals surface area contributed by atoms with Crippen LogP contribution < -0.4 is 11.2 Å². The van der Waals surface area contributed by atoms with E-state index in [-0.39, 0.29) is 0 Å². The van der Waals surface area contributed by atoms with Crippen LogP contribution in [0.5, 0.6) is 0 Å². The van der Waals surface area contributed by atoms with Gasteiger partial charge in [-0.25, -0.2) is 9.78 Å². The van der Waals surface area contributed by atoms with Crippen molar-refractivity contribution in [3.05, 3.63) is 50.3 Å². The number of nitrogens with zero attached hydrogens (tertiary/aromatic N) is 3. The summed E-state index contributed by atoms with van der Waals surface area (Å²) in [6.45, 7) is 7.23. The van der Waals surface area contributed by atoms with Crippen LogP contribution in [0.2, 0.25) is 0 Å². The summed E-state index contributed by atoms with van der Waals surface area (Å²) >= 11 is 0. The molecule has 3 heterocycles. The molecule has 0 bridgehead atoms. The fourth-order valence-electron chi connectivity index (χ4n) is 3.19. The SMILES string of the molecule is Cc1[nH]cnc1CN1CC[C@@](C)(O)[C@H](n2cc(C)c(=O)[nH]c2=O)C1. The molecule has 2 aromatic rings. The summed E-state index contributed by atoms with van der Waals surface area (Å²) in [5, 5.41) is 10.8. The summed E-state index contributed by atoms with van der Waals surface area (Å²) < 4.78 is 1.44. The number of likely N-dealkylation sites (tertiary alicyclic amines) is 1. The van der Waals surface area contributed by atoms with Crippen LogP contribution in [0.1, 0.15) is 36.3 Å². The Hall–Kier alpha value is -2.19. The van der Waals surface area contributed by atoms with Crippen molar-refractivity contribution in [1.29, 1.82) is 0 Å². The summed E-state index contributed by atoms with van der Waals surface area (Å²) in [5.41, 5.74) is 0.516. The lowest BCUT2D eigenvalue weighted by Crippen LogP contribution is -2.53. The lowest BCUT2D eigenvalue weighted by atomic mass is 9.88. The van der Waals surface area contributed by atoms with E-state index in [2.05, 4.69) is 19.9 Å². The van der Waals surface area contributed by atoms with Gasteiger partial charge < -0.3 is 10.1 Å². The van der Waals surface area contributed by atoms with Crippen LogP contribution in [0.15, 0.2) is 22.1 Å². The number of aliphatic hydroxyl groups is 1. The van der Waals surface area contributed by atoms with Gasteiger partial charge in [-0.2, -0.15) is 0 Å². The van der Waals surface area contributed by atoms with Crippen LogP contribution in [0, 0.1) is 13.8 Å². The van der Waals surface area contributed by atoms with Crippen LogP contribution in [-0.4, -0.2) is 48.2 Å². The predicted octanol–water partition coefficient (Wildman–Crippen LogP) is 0.0745. The van der Waals surface area contributed by atoms with Crippen LogP contribution in [0.4, 0.5) is 0 Å². The van der Waals surface area contributed by atoms with Crippen molar-refractivity contribution in [3.63, 3.8) is 0 Å². The van der Waals surface area contributed by atoms with Gasteiger partial charge in [0.2, 0.25) is 0 Å². The first-order valence-corrected chi connectivity index (χ1v) is 8.03. The highest BCUT2D eigenvalue weighted by molar-refractivity contribution is 5.10. The second kappa shape index (κ2) is 6.03. The van der Waals surface area contributed by atoms with Crippen LogP contribution in [0.25, 0.3) is 0 Å². The normalized spacial score (nSPS) is 25.1. The van der Waals surface area contributed by atoms with E-state index in [4.69, 9.17) is 0 Å². The molecular weight excluding hydrogens is 310 g/mol. The third-order valence-corrected chi connectivity index (χ3v) is 4.87. The fraction of sp³-hybridized carbons (Fsp3) is 0.562. The number of imidazole rings is 1. The van der Waals surface area contributed by atoms with Crippen molar-refractivity contribution in [2.45, 2.75) is 45.4 Å². The van der Waals surface area contributed by atoms with Crippen LogP contribution in [-0.2, 0) is 6.54 Å². The maximum absolute atomic E-state index is 12.2. The average molecular weight is 333 g/mol. The molecule has 24 heavy (non-hydrogen) atoms. The molecule has 0 aliphatic carbocycles. The molecule has 2 aromatic heterocycles. The van der Waals surface area contributed by atoms with Gasteiger partial charge in [0.05, 0.1) is 23.7 Å². The minimum atomic E-state index is -1.02. The first kappa shape index (κ1) is 16.7. The average Bonchev–Trinajstić information content (AvgIpc) is 2.90. The monoisotopic (exact) mass is 333 g/mol. The molecule has 130 valence electrons. The number of rotatable bonds is 3. The van der Waals surface area contributed by atoms with Gasteiger partial charge in [0.1, 0.15) is 0 Å². The van der Waals surface area contributed by atoms with Crippen molar-refractivity contribution >= 4 is 0 Å². The molecule has 1 fully saturated rings. The zero-order chi connectivity index (χ0) is 17.5. The van der Waals surface area contributed by atoms with Crippen LogP contribution in [0.3, 0.4) is 0 Å². The molecule has 0 spiro atoms. The number of H-pyrrole nitrogens is 2. The molecule has 8 heteroatoms. The number of hydrogen-bond acceptors (Lipinski definition) is 5. The van der Waals surface area contributed by atoms with E-state index >= 15 is 0 Å². The molecule has 0 unspecified atom stereocenters. The number of aryl methyl sites for hydroxylation is 2. The number of piperidine rings is 1. The minimum Gasteiger partial charge on any atom is -0.388 e. The smallest absolute Gasteiger partial charge is 0.328 e. The fourth-order valence-corrected chi connectivity index (χ4v) is 3.19. The molecule has 1 saturated heterocycles. The lowest BCUT2D eigenvalue weighted by Gasteiger charge is -2.43. The Kier molecular flexibility index (Phi) is 4.18. The highest BCUT2D eigenvalue weighted by Crippen LogP contribution is 2.31. The third-order valence-electron chi connectivity index (χ3n) is 4.87. The van der Waals surface area contributed by atoms with Crippen molar-refractivity contribution in [3.8, 4) is 0 Å². The van der Waals surface area contributed by atoms with E-state index in [0.717, 1.165) is 11.4 Å². The number of hydrogen-bond donors (Lipinski definition) is 3. The minimum absolute atomic E-state index is 0.393. The maximum atomic E-state index is 12.2. The van der Waals surface area contributed by atoms with Crippen LogP contribution >= 0.6 is 0 Å². The molecule has 1 aliphatic heterocycles. The van der Waals surface area contributed by atoms with E-state index < -0.39 is 22.9 Å². The van der Waals surface area contributed by atoms with Gasteiger partial charge in [-0.3, -0.25) is 19.2 Å². The van der Waals surface area contributed by atoms with Gasteiger partial charge in [-0.1, -0.05) is 0 Å². The summed E-state index contributed by atoms with van der Waals surface area (Å²) in [4.78, 5) is 35.7. The summed E-state index contributed by atoms with van der Waals surface area (Å²) in [6.07, 6.45) is 3.73. The summed E-state index contributed by atoms with van der Waals surface area (Å²) in [5.74, 6) is 0. The molecule has 8 nitrogen and oxygen atoms in total. The van der Waals surface area contributed by atoms with Gasteiger partial charge >= 0.3 is 5.69 Å². The van der Waals surface area contributed by atoms with Gasteiger partial charge in [0.15, 0.2) is 0 Å². The summed E-state index contributed by atoms with van der Waals surface area (Å²) in [6, 6.07) is -0.437. The van der Waals surface area contributed by atoms with Crippen molar-refractivity contribution in [1.82, 2.24) is 24.4 Å². The first-order chi connectivity index (χ1) is 11.3. The zero-order valence-corrected chi connectivity index (χ0v) is 14.2. The molecule has 3 N–H and O–H groups in total. The zero-order valence-electron chi connectivity index (χ0n) is 14.2. The van der Waals surface area contributed by atoms with Crippen molar-refractivity contribution < 1.29 is 5.11 Å². The molecule has 1 aliphatic rings. The van der Waals surface area contributed by atoms with E-state index in [1.54, 1.807) is 20.2 Å². The first-order valence-electron chi connectivity index (χ1n) is 8.03. The van der Waals surface area contributed by atoms with Gasteiger partial charge in [0.25, 0.3) is 5.56 Å². The van der Waals surface area contributed by atoms with Crippen molar-refractivity contribution in [2.75, 3.05) is 13.1 Å². The quantitative estimate of drug-likeness (QED) is 0.737. The Morgan fingerprint density at radius 3 is 2.83 bits per heavy atom. The van der Waals surface area contributed by atoms with E-state index in [1.807, 2.05) is 6.92 Å². The Balaban J connectivity index is 1.90. The van der Waals surface area contributed by atoms with E-state index in [9.17, 15) is 14.7 Å². The Bertz CT molecular complexity index is 848. The second-order valence-electron chi connectivity index (χ2n) is 6.81. The topological polar surface area (TPSA) is 107 Å². The van der Waals surface area contributed by atoms with Gasteiger partial charge in [-0.05, 0) is 27.2 Å². The highest BCUT2D eigenvalue weighted by atomic mass is 16.3. The largest absolute Gasteiger partial charge is 0.388 e. The molecular formula is C16H23N5O3. The molecule has 0 amide bonds. The molecule has 0 radical (unpaired) electrons. The maximum Gasteiger partial charge on any atom is 0.328 e. The Morgan fingerprint density at radius 2 is 2.17 bits per heavy atom. The molecule has 2 atom stereocenters. The standard InChI is InChI=1S/C16H23N5O3/c1-10-6-21(15(23)19-14(10)22)13-8-20(5-4-16(13,3)24)7-12-11(2)17-9-18-12/h6,9,13,24H,4-5,7-8H2,1-3H3,(H,17,18)(H,19,22,23)/t13-,16-/m1/s1. The highest BCUT2D eigenvalue weighted by Gasteiger charge is 2.39. The molecule has 0 aromatic carbocycles. The van der Waals surface area contributed by atoms with Gasteiger partial charge in [-0.15, -0.1) is 0 Å².